The van der Waals surface area contributed by atoms with Gasteiger partial charge < -0.3 is 14.1 Å². The Morgan fingerprint density at radius 1 is 1.28 bits per heavy atom. The molecule has 2 aromatic heterocycles. The first kappa shape index (κ1) is 10.7. The summed E-state index contributed by atoms with van der Waals surface area (Å²) >= 11 is 0. The van der Waals surface area contributed by atoms with Gasteiger partial charge in [-0.25, -0.2) is 0 Å². The molecule has 3 rings (SSSR count). The Kier molecular flexibility index (Phi) is 2.41. The van der Waals surface area contributed by atoms with Crippen LogP contribution in [0, 0.1) is 0 Å². The lowest BCUT2D eigenvalue weighted by atomic mass is 10.1. The fourth-order valence-electron chi connectivity index (χ4n) is 1.92. The summed E-state index contributed by atoms with van der Waals surface area (Å²) in [6.45, 7) is 0. The molecule has 1 N–H and O–H groups in total. The molecular weight excluding hydrogens is 230 g/mol. The summed E-state index contributed by atoms with van der Waals surface area (Å²) in [5.74, 6) is 0.665. The van der Waals surface area contributed by atoms with E-state index in [1.54, 1.807) is 31.5 Å². The second-order valence-corrected chi connectivity index (χ2v) is 3.92. The molecule has 0 amide bonds. The first-order valence-corrected chi connectivity index (χ1v) is 5.53. The molecule has 3 aromatic rings. The van der Waals surface area contributed by atoms with E-state index in [1.807, 2.05) is 12.1 Å². The van der Waals surface area contributed by atoms with Gasteiger partial charge >= 0.3 is 0 Å². The SMILES string of the molecule is COc1ccc2c(=O)c(-c3ccc[nH]3)coc2c1. The molecule has 4 heteroatoms. The molecule has 0 spiro atoms. The smallest absolute Gasteiger partial charge is 0.201 e. The molecule has 0 aliphatic carbocycles. The van der Waals surface area contributed by atoms with Crippen molar-refractivity contribution in [1.82, 2.24) is 4.98 Å². The highest BCUT2D eigenvalue weighted by Crippen LogP contribution is 2.21. The molecular formula is C14H11NO3. The Hall–Kier alpha value is -2.49. The van der Waals surface area contributed by atoms with Crippen molar-refractivity contribution >= 4 is 11.0 Å². The molecule has 2 heterocycles. The normalized spacial score (nSPS) is 10.7. The Balaban J connectivity index is 2.27. The molecule has 0 bridgehead atoms. The molecule has 18 heavy (non-hydrogen) atoms. The third-order valence-corrected chi connectivity index (χ3v) is 2.87. The molecule has 1 aromatic carbocycles. The molecule has 0 saturated heterocycles. The van der Waals surface area contributed by atoms with E-state index < -0.39 is 0 Å². The molecule has 4 nitrogen and oxygen atoms in total. The van der Waals surface area contributed by atoms with E-state index in [2.05, 4.69) is 4.98 Å². The lowest BCUT2D eigenvalue weighted by molar-refractivity contribution is 0.414. The predicted molar refractivity (Wildman–Crippen MR) is 68.8 cm³/mol. The average molecular weight is 241 g/mol. The standard InChI is InChI=1S/C14H11NO3/c1-17-9-4-5-10-13(7-9)18-8-11(14(10)16)12-3-2-6-15-12/h2-8,15H,1H3. The van der Waals surface area contributed by atoms with E-state index >= 15 is 0 Å². The number of aromatic amines is 1. The van der Waals surface area contributed by atoms with Gasteiger partial charge in [0.05, 0.1) is 23.8 Å². The van der Waals surface area contributed by atoms with Crippen LogP contribution in [0.4, 0.5) is 0 Å². The maximum atomic E-state index is 12.3. The molecule has 0 radical (unpaired) electrons. The van der Waals surface area contributed by atoms with Gasteiger partial charge in [-0.15, -0.1) is 0 Å². The first-order chi connectivity index (χ1) is 8.79. The van der Waals surface area contributed by atoms with Crippen LogP contribution in [-0.4, -0.2) is 12.1 Å². The van der Waals surface area contributed by atoms with Crippen LogP contribution in [-0.2, 0) is 0 Å². The van der Waals surface area contributed by atoms with Crippen LogP contribution < -0.4 is 10.2 Å². The van der Waals surface area contributed by atoms with Crippen LogP contribution in [0.15, 0.2) is 52.0 Å². The number of rotatable bonds is 2. The molecule has 0 atom stereocenters. The second-order valence-electron chi connectivity index (χ2n) is 3.92. The van der Waals surface area contributed by atoms with Gasteiger partial charge in [-0.05, 0) is 24.3 Å². The van der Waals surface area contributed by atoms with Crippen LogP contribution in [0.1, 0.15) is 0 Å². The van der Waals surface area contributed by atoms with Crippen molar-refractivity contribution in [3.63, 3.8) is 0 Å². The fourth-order valence-corrected chi connectivity index (χ4v) is 1.92. The number of hydrogen-bond donors (Lipinski definition) is 1. The first-order valence-electron chi connectivity index (χ1n) is 5.53. The van der Waals surface area contributed by atoms with Gasteiger partial charge in [0.1, 0.15) is 17.6 Å². The minimum Gasteiger partial charge on any atom is -0.497 e. The predicted octanol–water partition coefficient (Wildman–Crippen LogP) is 2.80. The van der Waals surface area contributed by atoms with Crippen molar-refractivity contribution in [3.8, 4) is 17.0 Å². The highest BCUT2D eigenvalue weighted by atomic mass is 16.5. The minimum absolute atomic E-state index is 0.0543. The lowest BCUT2D eigenvalue weighted by Crippen LogP contribution is -2.04. The molecule has 0 saturated carbocycles. The van der Waals surface area contributed by atoms with Crippen LogP contribution in [0.5, 0.6) is 5.75 Å². The Morgan fingerprint density at radius 3 is 2.89 bits per heavy atom. The molecule has 0 aliphatic rings. The van der Waals surface area contributed by atoms with E-state index in [0.29, 0.717) is 22.3 Å². The summed E-state index contributed by atoms with van der Waals surface area (Å²) in [4.78, 5) is 15.3. The Labute approximate surface area is 103 Å². The van der Waals surface area contributed by atoms with Crippen molar-refractivity contribution in [2.24, 2.45) is 0 Å². The number of H-pyrrole nitrogens is 1. The summed E-state index contributed by atoms with van der Waals surface area (Å²) in [5, 5.41) is 0.544. The van der Waals surface area contributed by atoms with Crippen molar-refractivity contribution < 1.29 is 9.15 Å². The summed E-state index contributed by atoms with van der Waals surface area (Å²) in [5.41, 5.74) is 1.75. The van der Waals surface area contributed by atoms with Crippen LogP contribution in [0.2, 0.25) is 0 Å². The monoisotopic (exact) mass is 241 g/mol. The van der Waals surface area contributed by atoms with Crippen molar-refractivity contribution in [1.29, 1.82) is 0 Å². The number of benzene rings is 1. The number of nitrogens with one attached hydrogen (secondary N) is 1. The van der Waals surface area contributed by atoms with Crippen LogP contribution >= 0.6 is 0 Å². The molecule has 90 valence electrons. The van der Waals surface area contributed by atoms with Gasteiger partial charge in [-0.1, -0.05) is 0 Å². The minimum atomic E-state index is -0.0543. The van der Waals surface area contributed by atoms with Gasteiger partial charge in [0.15, 0.2) is 0 Å². The highest BCUT2D eigenvalue weighted by Gasteiger charge is 2.09. The Bertz CT molecular complexity index is 741. The van der Waals surface area contributed by atoms with Crippen LogP contribution in [0.3, 0.4) is 0 Å². The summed E-state index contributed by atoms with van der Waals surface area (Å²) < 4.78 is 10.6. The average Bonchev–Trinajstić information content (AvgIpc) is 2.92. The lowest BCUT2D eigenvalue weighted by Gasteiger charge is -2.03. The Morgan fingerprint density at radius 2 is 2.17 bits per heavy atom. The van der Waals surface area contributed by atoms with Crippen molar-refractivity contribution in [3.05, 3.63) is 53.0 Å². The van der Waals surface area contributed by atoms with E-state index in [1.165, 1.54) is 6.26 Å². The van der Waals surface area contributed by atoms with Crippen molar-refractivity contribution in [2.75, 3.05) is 7.11 Å². The number of hydrogen-bond acceptors (Lipinski definition) is 3. The van der Waals surface area contributed by atoms with Gasteiger partial charge in [0, 0.05) is 12.3 Å². The number of fused-ring (bicyclic) bond motifs is 1. The maximum absolute atomic E-state index is 12.3. The highest BCUT2D eigenvalue weighted by molar-refractivity contribution is 5.82. The van der Waals surface area contributed by atoms with Gasteiger partial charge in [-0.3, -0.25) is 4.79 Å². The third-order valence-electron chi connectivity index (χ3n) is 2.87. The topological polar surface area (TPSA) is 55.2 Å². The number of aromatic nitrogens is 1. The largest absolute Gasteiger partial charge is 0.497 e. The van der Waals surface area contributed by atoms with E-state index in [0.717, 1.165) is 5.69 Å². The van der Waals surface area contributed by atoms with E-state index in [9.17, 15) is 4.79 Å². The van der Waals surface area contributed by atoms with Crippen LogP contribution in [0.25, 0.3) is 22.2 Å². The van der Waals surface area contributed by atoms with Gasteiger partial charge in [-0.2, -0.15) is 0 Å². The van der Waals surface area contributed by atoms with E-state index in [-0.39, 0.29) is 5.43 Å². The summed E-state index contributed by atoms with van der Waals surface area (Å²) in [6.07, 6.45) is 3.24. The maximum Gasteiger partial charge on any atom is 0.201 e. The quantitative estimate of drug-likeness (QED) is 0.750. The zero-order valence-electron chi connectivity index (χ0n) is 9.77. The number of ether oxygens (including phenoxy) is 1. The van der Waals surface area contributed by atoms with Gasteiger partial charge in [0.2, 0.25) is 5.43 Å². The summed E-state index contributed by atoms with van der Waals surface area (Å²) in [7, 11) is 1.58. The second kappa shape index (κ2) is 4.07. The van der Waals surface area contributed by atoms with E-state index in [4.69, 9.17) is 9.15 Å². The van der Waals surface area contributed by atoms with Gasteiger partial charge in [0.25, 0.3) is 0 Å². The molecule has 0 aliphatic heterocycles. The zero-order valence-corrected chi connectivity index (χ0v) is 9.77. The molecule has 0 unspecified atom stereocenters. The fraction of sp³-hybridized carbons (Fsp3) is 0.0714. The zero-order chi connectivity index (χ0) is 12.5. The number of methoxy groups -OCH3 is 1. The van der Waals surface area contributed by atoms with Crippen molar-refractivity contribution in [2.45, 2.75) is 0 Å². The molecule has 0 fully saturated rings. The third kappa shape index (κ3) is 1.59. The summed E-state index contributed by atoms with van der Waals surface area (Å²) in [6, 6.07) is 8.84.